The van der Waals surface area contributed by atoms with Crippen molar-refractivity contribution in [1.82, 2.24) is 10.2 Å². The minimum absolute atomic E-state index is 0.0140. The zero-order chi connectivity index (χ0) is 22.5. The van der Waals surface area contributed by atoms with Crippen LogP contribution in [0, 0.1) is 5.92 Å². The second kappa shape index (κ2) is 9.85. The second-order valence-corrected chi connectivity index (χ2v) is 8.43. The fourth-order valence-electron chi connectivity index (χ4n) is 4.24. The Labute approximate surface area is 187 Å². The van der Waals surface area contributed by atoms with Gasteiger partial charge in [-0.2, -0.15) is 0 Å². The standard InChI is InChI=1S/C25H28N2O5/c28-23(27(14-12-24(29)30)15-17-9-10-17)11-13-26-25(31)32-16-22-20-7-3-1-5-18(20)19-6-2-4-8-21(19)22/h1-8,17,22H,9-16H2,(H,26,31)(H,29,30). The van der Waals surface area contributed by atoms with Crippen LogP contribution in [0.3, 0.4) is 0 Å². The molecule has 0 radical (unpaired) electrons. The van der Waals surface area contributed by atoms with E-state index in [0.29, 0.717) is 12.5 Å². The first-order chi connectivity index (χ1) is 15.5. The van der Waals surface area contributed by atoms with Crippen molar-refractivity contribution in [3.63, 3.8) is 0 Å². The summed E-state index contributed by atoms with van der Waals surface area (Å²) >= 11 is 0. The molecule has 2 aromatic carbocycles. The molecule has 32 heavy (non-hydrogen) atoms. The quantitative estimate of drug-likeness (QED) is 0.593. The molecule has 2 aliphatic rings. The van der Waals surface area contributed by atoms with Gasteiger partial charge in [-0.25, -0.2) is 4.79 Å². The Morgan fingerprint density at radius 2 is 1.59 bits per heavy atom. The number of hydrogen-bond donors (Lipinski definition) is 2. The van der Waals surface area contributed by atoms with Gasteiger partial charge < -0.3 is 20.1 Å². The van der Waals surface area contributed by atoms with E-state index in [2.05, 4.69) is 29.6 Å². The Balaban J connectivity index is 1.25. The predicted molar refractivity (Wildman–Crippen MR) is 119 cm³/mol. The summed E-state index contributed by atoms with van der Waals surface area (Å²) in [5, 5.41) is 11.6. The van der Waals surface area contributed by atoms with E-state index < -0.39 is 12.1 Å². The first kappa shape index (κ1) is 21.9. The van der Waals surface area contributed by atoms with Gasteiger partial charge in [-0.1, -0.05) is 48.5 Å². The number of ether oxygens (including phenoxy) is 1. The van der Waals surface area contributed by atoms with E-state index in [-0.39, 0.29) is 44.4 Å². The van der Waals surface area contributed by atoms with Crippen LogP contribution in [0.2, 0.25) is 0 Å². The summed E-state index contributed by atoms with van der Waals surface area (Å²) in [5.74, 6) is -0.602. The largest absolute Gasteiger partial charge is 0.481 e. The third-order valence-electron chi connectivity index (χ3n) is 6.08. The van der Waals surface area contributed by atoms with Gasteiger partial charge in [-0.15, -0.1) is 0 Å². The van der Waals surface area contributed by atoms with Crippen LogP contribution in [0.5, 0.6) is 0 Å². The lowest BCUT2D eigenvalue weighted by molar-refractivity contribution is -0.138. The van der Waals surface area contributed by atoms with Gasteiger partial charge in [0, 0.05) is 32.0 Å². The molecule has 2 amide bonds. The molecule has 2 aliphatic carbocycles. The normalized spacial score (nSPS) is 14.4. The van der Waals surface area contributed by atoms with Crippen LogP contribution in [0.1, 0.15) is 42.7 Å². The number of rotatable bonds is 10. The highest BCUT2D eigenvalue weighted by atomic mass is 16.5. The van der Waals surface area contributed by atoms with E-state index >= 15 is 0 Å². The second-order valence-electron chi connectivity index (χ2n) is 8.43. The van der Waals surface area contributed by atoms with Crippen molar-refractivity contribution in [2.24, 2.45) is 5.92 Å². The van der Waals surface area contributed by atoms with Crippen molar-refractivity contribution in [1.29, 1.82) is 0 Å². The third-order valence-corrected chi connectivity index (χ3v) is 6.08. The summed E-state index contributed by atoms with van der Waals surface area (Å²) in [6.45, 7) is 1.18. The van der Waals surface area contributed by atoms with Gasteiger partial charge in [0.15, 0.2) is 0 Å². The summed E-state index contributed by atoms with van der Waals surface area (Å²) in [7, 11) is 0. The molecule has 0 saturated heterocycles. The maximum atomic E-state index is 12.5. The number of carboxylic acid groups (broad SMARTS) is 1. The van der Waals surface area contributed by atoms with E-state index in [4.69, 9.17) is 9.84 Å². The number of amides is 2. The highest BCUT2D eigenvalue weighted by Gasteiger charge is 2.29. The first-order valence-electron chi connectivity index (χ1n) is 11.1. The summed E-state index contributed by atoms with van der Waals surface area (Å²) in [5.41, 5.74) is 4.62. The Morgan fingerprint density at radius 3 is 2.19 bits per heavy atom. The Morgan fingerprint density at radius 1 is 0.969 bits per heavy atom. The van der Waals surface area contributed by atoms with Gasteiger partial charge in [0.05, 0.1) is 6.42 Å². The van der Waals surface area contributed by atoms with E-state index in [9.17, 15) is 14.4 Å². The maximum absolute atomic E-state index is 12.5. The molecule has 0 unspecified atom stereocenters. The number of alkyl carbamates (subject to hydrolysis) is 1. The molecule has 168 valence electrons. The summed E-state index contributed by atoms with van der Waals surface area (Å²) < 4.78 is 5.48. The van der Waals surface area contributed by atoms with Gasteiger partial charge in [0.2, 0.25) is 5.91 Å². The molecule has 0 spiro atoms. The number of nitrogens with zero attached hydrogens (tertiary/aromatic N) is 1. The summed E-state index contributed by atoms with van der Waals surface area (Å²) in [4.78, 5) is 37.2. The molecule has 1 fully saturated rings. The Kier molecular flexibility index (Phi) is 6.73. The number of nitrogens with one attached hydrogen (secondary N) is 1. The van der Waals surface area contributed by atoms with Crippen molar-refractivity contribution in [3.05, 3.63) is 59.7 Å². The van der Waals surface area contributed by atoms with Gasteiger partial charge >= 0.3 is 12.1 Å². The van der Waals surface area contributed by atoms with Crippen LogP contribution in [-0.4, -0.2) is 54.2 Å². The molecule has 2 aromatic rings. The van der Waals surface area contributed by atoms with Crippen LogP contribution in [0.4, 0.5) is 4.79 Å². The molecule has 0 aliphatic heterocycles. The lowest BCUT2D eigenvalue weighted by Gasteiger charge is -2.22. The molecule has 0 heterocycles. The van der Waals surface area contributed by atoms with E-state index in [1.54, 1.807) is 4.90 Å². The predicted octanol–water partition coefficient (Wildman–Crippen LogP) is 3.63. The molecule has 2 N–H and O–H groups in total. The summed E-state index contributed by atoms with van der Waals surface area (Å²) in [6, 6.07) is 16.3. The number of aliphatic carboxylic acids is 1. The molecular weight excluding hydrogens is 408 g/mol. The lowest BCUT2D eigenvalue weighted by Crippen LogP contribution is -2.37. The van der Waals surface area contributed by atoms with Crippen LogP contribution in [0.25, 0.3) is 11.1 Å². The van der Waals surface area contributed by atoms with Crippen LogP contribution in [-0.2, 0) is 14.3 Å². The van der Waals surface area contributed by atoms with Crippen LogP contribution >= 0.6 is 0 Å². The molecule has 7 heteroatoms. The maximum Gasteiger partial charge on any atom is 0.407 e. The van der Waals surface area contributed by atoms with Gasteiger partial charge in [-0.05, 0) is 41.0 Å². The molecule has 1 saturated carbocycles. The van der Waals surface area contributed by atoms with Crippen molar-refractivity contribution >= 4 is 18.0 Å². The highest BCUT2D eigenvalue weighted by molar-refractivity contribution is 5.79. The molecule has 0 bridgehead atoms. The number of hydrogen-bond acceptors (Lipinski definition) is 4. The van der Waals surface area contributed by atoms with Crippen molar-refractivity contribution < 1.29 is 24.2 Å². The minimum Gasteiger partial charge on any atom is -0.481 e. The minimum atomic E-state index is -0.921. The Hall–Kier alpha value is -3.35. The van der Waals surface area contributed by atoms with Crippen molar-refractivity contribution in [2.45, 2.75) is 31.6 Å². The van der Waals surface area contributed by atoms with Crippen LogP contribution in [0.15, 0.2) is 48.5 Å². The number of carbonyl (C=O) groups excluding carboxylic acids is 2. The number of fused-ring (bicyclic) bond motifs is 3. The van der Waals surface area contributed by atoms with Gasteiger partial charge in [0.1, 0.15) is 6.61 Å². The average Bonchev–Trinajstić information content (AvgIpc) is 3.56. The smallest absolute Gasteiger partial charge is 0.407 e. The molecule has 0 aromatic heterocycles. The highest BCUT2D eigenvalue weighted by Crippen LogP contribution is 2.44. The zero-order valence-corrected chi connectivity index (χ0v) is 18.0. The van der Waals surface area contributed by atoms with Gasteiger partial charge in [-0.3, -0.25) is 9.59 Å². The molecule has 0 atom stereocenters. The fourth-order valence-corrected chi connectivity index (χ4v) is 4.24. The fraction of sp³-hybridized carbons (Fsp3) is 0.400. The van der Waals surface area contributed by atoms with E-state index in [1.165, 1.54) is 11.1 Å². The molecule has 7 nitrogen and oxygen atoms in total. The topological polar surface area (TPSA) is 95.9 Å². The average molecular weight is 437 g/mol. The Bertz CT molecular complexity index is 956. The first-order valence-corrected chi connectivity index (χ1v) is 11.1. The molecular formula is C25H28N2O5. The SMILES string of the molecule is O=C(O)CCN(CC1CC1)C(=O)CCNC(=O)OCC1c2ccccc2-c2ccccc21. The monoisotopic (exact) mass is 436 g/mol. The van der Waals surface area contributed by atoms with E-state index in [1.807, 2.05) is 24.3 Å². The summed E-state index contributed by atoms with van der Waals surface area (Å²) in [6.07, 6.45) is 1.65. The number of carbonyl (C=O) groups is 3. The molecule has 4 rings (SSSR count). The van der Waals surface area contributed by atoms with E-state index in [0.717, 1.165) is 24.0 Å². The van der Waals surface area contributed by atoms with Crippen molar-refractivity contribution in [2.75, 3.05) is 26.2 Å². The van der Waals surface area contributed by atoms with Crippen LogP contribution < -0.4 is 5.32 Å². The third kappa shape index (κ3) is 5.28. The van der Waals surface area contributed by atoms with Crippen molar-refractivity contribution in [3.8, 4) is 11.1 Å². The number of carboxylic acids is 1. The number of benzene rings is 2. The zero-order valence-electron chi connectivity index (χ0n) is 18.0. The lowest BCUT2D eigenvalue weighted by atomic mass is 9.98. The van der Waals surface area contributed by atoms with Gasteiger partial charge in [0.25, 0.3) is 0 Å².